The number of hydrogen-bond donors (Lipinski definition) is 1. The van der Waals surface area contributed by atoms with Crippen LogP contribution < -0.4 is 9.62 Å². The molecule has 1 amide bonds. The Labute approximate surface area is 148 Å². The number of anilines is 1. The third kappa shape index (κ3) is 4.36. The van der Waals surface area contributed by atoms with E-state index in [0.717, 1.165) is 0 Å². The number of carbonyl (C=O) groups excluding carboxylic acids is 1. The molecular weight excluding hydrogens is 336 g/mol. The first-order valence-corrected chi connectivity index (χ1v) is 9.12. The summed E-state index contributed by atoms with van der Waals surface area (Å²) in [6.45, 7) is 7.60. The summed E-state index contributed by atoms with van der Waals surface area (Å²) in [5.74, 6) is -0.355. The van der Waals surface area contributed by atoms with Crippen molar-refractivity contribution in [2.75, 3.05) is 17.4 Å². The molecule has 0 spiro atoms. The van der Waals surface area contributed by atoms with E-state index in [4.69, 9.17) is 0 Å². The third-order valence-corrected chi connectivity index (χ3v) is 5.22. The fourth-order valence-electron chi connectivity index (χ4n) is 2.25. The number of benzene rings is 2. The summed E-state index contributed by atoms with van der Waals surface area (Å²) in [6, 6.07) is 14.7. The smallest absolute Gasteiger partial charge is 0.264 e. The standard InChI is InChI=1S/C19H20N2O3S/c1-3-13-20-19(22)16-9-8-12-18(15-16)25(23,24)21(14-4-2)17-10-6-5-7-11-17/h3-12,15H,1-2,13-14H2,(H,20,22). The van der Waals surface area contributed by atoms with Gasteiger partial charge in [0.05, 0.1) is 17.1 Å². The molecule has 0 aliphatic heterocycles. The molecule has 0 fully saturated rings. The third-order valence-electron chi connectivity index (χ3n) is 3.43. The molecule has 0 saturated heterocycles. The van der Waals surface area contributed by atoms with Gasteiger partial charge in [-0.3, -0.25) is 9.10 Å². The van der Waals surface area contributed by atoms with Gasteiger partial charge in [-0.1, -0.05) is 36.4 Å². The lowest BCUT2D eigenvalue weighted by Gasteiger charge is -2.23. The van der Waals surface area contributed by atoms with Crippen molar-refractivity contribution in [2.45, 2.75) is 4.90 Å². The molecule has 0 aliphatic rings. The molecule has 0 saturated carbocycles. The second kappa shape index (κ2) is 8.30. The minimum atomic E-state index is -3.83. The maximum atomic E-state index is 13.0. The quantitative estimate of drug-likeness (QED) is 0.740. The van der Waals surface area contributed by atoms with Gasteiger partial charge in [-0.2, -0.15) is 0 Å². The van der Waals surface area contributed by atoms with Crippen molar-refractivity contribution in [1.82, 2.24) is 5.32 Å². The maximum Gasteiger partial charge on any atom is 0.264 e. The molecule has 0 radical (unpaired) electrons. The molecule has 5 nitrogen and oxygen atoms in total. The van der Waals surface area contributed by atoms with Crippen molar-refractivity contribution in [1.29, 1.82) is 0 Å². The molecule has 0 heterocycles. The molecule has 130 valence electrons. The number of rotatable bonds is 8. The van der Waals surface area contributed by atoms with E-state index in [1.807, 2.05) is 6.07 Å². The van der Waals surface area contributed by atoms with E-state index < -0.39 is 10.0 Å². The van der Waals surface area contributed by atoms with E-state index in [1.165, 1.54) is 22.5 Å². The van der Waals surface area contributed by atoms with Crippen LogP contribution in [0.2, 0.25) is 0 Å². The molecule has 2 aromatic carbocycles. The van der Waals surface area contributed by atoms with Crippen LogP contribution >= 0.6 is 0 Å². The van der Waals surface area contributed by atoms with Crippen LogP contribution in [-0.2, 0) is 10.0 Å². The molecule has 0 bridgehead atoms. The Morgan fingerprint density at radius 3 is 2.40 bits per heavy atom. The molecule has 0 unspecified atom stereocenters. The fourth-order valence-corrected chi connectivity index (χ4v) is 3.73. The highest BCUT2D eigenvalue weighted by Gasteiger charge is 2.24. The van der Waals surface area contributed by atoms with Crippen LogP contribution in [-0.4, -0.2) is 27.4 Å². The number of sulfonamides is 1. The number of para-hydroxylation sites is 1. The lowest BCUT2D eigenvalue weighted by Crippen LogP contribution is -2.31. The second-order valence-corrected chi connectivity index (χ2v) is 7.05. The van der Waals surface area contributed by atoms with Crippen molar-refractivity contribution in [3.05, 3.63) is 85.5 Å². The zero-order chi connectivity index (χ0) is 18.3. The molecule has 2 aromatic rings. The SMILES string of the molecule is C=CCNC(=O)c1cccc(S(=O)(=O)N(CC=C)c2ccccc2)c1. The van der Waals surface area contributed by atoms with E-state index >= 15 is 0 Å². The van der Waals surface area contributed by atoms with E-state index in [2.05, 4.69) is 18.5 Å². The predicted molar refractivity (Wildman–Crippen MR) is 100 cm³/mol. The normalized spacial score (nSPS) is 10.7. The maximum absolute atomic E-state index is 13.0. The molecule has 0 aromatic heterocycles. The van der Waals surface area contributed by atoms with Crippen LogP contribution in [0.5, 0.6) is 0 Å². The highest BCUT2D eigenvalue weighted by Crippen LogP contribution is 2.24. The van der Waals surface area contributed by atoms with Crippen molar-refractivity contribution in [2.24, 2.45) is 0 Å². The van der Waals surface area contributed by atoms with Gasteiger partial charge in [0.25, 0.3) is 15.9 Å². The first-order chi connectivity index (χ1) is 12.0. The number of hydrogen-bond acceptors (Lipinski definition) is 3. The van der Waals surface area contributed by atoms with E-state index in [1.54, 1.807) is 42.5 Å². The molecule has 6 heteroatoms. The minimum absolute atomic E-state index is 0.0458. The van der Waals surface area contributed by atoms with Gasteiger partial charge in [-0.15, -0.1) is 13.2 Å². The van der Waals surface area contributed by atoms with Crippen molar-refractivity contribution in [3.63, 3.8) is 0 Å². The summed E-state index contributed by atoms with van der Waals surface area (Å²) < 4.78 is 27.3. The molecule has 25 heavy (non-hydrogen) atoms. The summed E-state index contributed by atoms with van der Waals surface area (Å²) >= 11 is 0. The van der Waals surface area contributed by atoms with Crippen LogP contribution in [0.15, 0.2) is 84.8 Å². The van der Waals surface area contributed by atoms with E-state index in [-0.39, 0.29) is 22.9 Å². The van der Waals surface area contributed by atoms with Crippen LogP contribution in [0, 0.1) is 0 Å². The van der Waals surface area contributed by atoms with Gasteiger partial charge in [0.2, 0.25) is 0 Å². The number of carbonyl (C=O) groups is 1. The Kier molecular flexibility index (Phi) is 6.14. The van der Waals surface area contributed by atoms with Crippen LogP contribution in [0.1, 0.15) is 10.4 Å². The predicted octanol–water partition coefficient (Wildman–Crippen LogP) is 2.98. The fraction of sp³-hybridized carbons (Fsp3) is 0.105. The van der Waals surface area contributed by atoms with Crippen molar-refractivity contribution >= 4 is 21.6 Å². The Morgan fingerprint density at radius 1 is 1.04 bits per heavy atom. The number of nitrogens with zero attached hydrogens (tertiary/aromatic N) is 1. The number of nitrogens with one attached hydrogen (secondary N) is 1. The van der Waals surface area contributed by atoms with Gasteiger partial charge >= 0.3 is 0 Å². The van der Waals surface area contributed by atoms with E-state index in [0.29, 0.717) is 12.2 Å². The first kappa shape index (κ1) is 18.5. The molecule has 1 N–H and O–H groups in total. The summed E-state index contributed by atoms with van der Waals surface area (Å²) in [5.41, 5.74) is 0.804. The summed E-state index contributed by atoms with van der Waals surface area (Å²) in [4.78, 5) is 12.1. The van der Waals surface area contributed by atoms with Crippen LogP contribution in [0.4, 0.5) is 5.69 Å². The zero-order valence-electron chi connectivity index (χ0n) is 13.8. The first-order valence-electron chi connectivity index (χ1n) is 7.68. The Hall–Kier alpha value is -2.86. The average molecular weight is 356 g/mol. The van der Waals surface area contributed by atoms with E-state index in [9.17, 15) is 13.2 Å². The minimum Gasteiger partial charge on any atom is -0.349 e. The highest BCUT2D eigenvalue weighted by atomic mass is 32.2. The molecule has 0 aliphatic carbocycles. The van der Waals surface area contributed by atoms with Gasteiger partial charge in [-0.25, -0.2) is 8.42 Å². The lowest BCUT2D eigenvalue weighted by molar-refractivity contribution is 0.0958. The lowest BCUT2D eigenvalue weighted by atomic mass is 10.2. The Balaban J connectivity index is 2.42. The second-order valence-electron chi connectivity index (χ2n) is 5.19. The molecular formula is C19H20N2O3S. The summed E-state index contributed by atoms with van der Waals surface area (Å²) in [6.07, 6.45) is 3.07. The average Bonchev–Trinajstić information content (AvgIpc) is 2.64. The van der Waals surface area contributed by atoms with Gasteiger partial charge in [0, 0.05) is 12.1 Å². The van der Waals surface area contributed by atoms with Crippen LogP contribution in [0.25, 0.3) is 0 Å². The highest BCUT2D eigenvalue weighted by molar-refractivity contribution is 7.92. The number of amides is 1. The Morgan fingerprint density at radius 2 is 1.76 bits per heavy atom. The van der Waals surface area contributed by atoms with Crippen LogP contribution in [0.3, 0.4) is 0 Å². The zero-order valence-corrected chi connectivity index (χ0v) is 14.6. The van der Waals surface area contributed by atoms with Gasteiger partial charge < -0.3 is 5.32 Å². The van der Waals surface area contributed by atoms with Crippen molar-refractivity contribution < 1.29 is 13.2 Å². The van der Waals surface area contributed by atoms with Gasteiger partial charge in [0.15, 0.2) is 0 Å². The summed E-state index contributed by atoms with van der Waals surface area (Å²) in [5, 5.41) is 2.63. The molecule has 0 atom stereocenters. The topological polar surface area (TPSA) is 66.5 Å². The monoisotopic (exact) mass is 356 g/mol. The molecule has 2 rings (SSSR count). The largest absolute Gasteiger partial charge is 0.349 e. The van der Waals surface area contributed by atoms with Crippen molar-refractivity contribution in [3.8, 4) is 0 Å². The Bertz CT molecular complexity index is 861. The van der Waals surface area contributed by atoms with Gasteiger partial charge in [-0.05, 0) is 30.3 Å². The van der Waals surface area contributed by atoms with Gasteiger partial charge in [0.1, 0.15) is 0 Å². The summed E-state index contributed by atoms with van der Waals surface area (Å²) in [7, 11) is -3.83.